The quantitative estimate of drug-likeness (QED) is 0.420. The molecule has 2 rings (SSSR count). The Morgan fingerprint density at radius 3 is 2.68 bits per heavy atom. The fourth-order valence-electron chi connectivity index (χ4n) is 2.93. The van der Waals surface area contributed by atoms with Crippen LogP contribution in [0.25, 0.3) is 0 Å². The maximum atomic E-state index is 11.9. The van der Waals surface area contributed by atoms with E-state index in [0.717, 1.165) is 45.2 Å². The number of morpholine rings is 1. The summed E-state index contributed by atoms with van der Waals surface area (Å²) in [5, 5.41) is 0. The highest BCUT2D eigenvalue weighted by Gasteiger charge is 2.24. The molecule has 0 aromatic carbocycles. The number of hydrogen-bond acceptors (Lipinski definition) is 3. The van der Waals surface area contributed by atoms with Gasteiger partial charge in [-0.05, 0) is 12.3 Å². The van der Waals surface area contributed by atoms with Gasteiger partial charge in [-0.3, -0.25) is 4.79 Å². The second kappa shape index (κ2) is 8.42. The number of hydrogen-bond donors (Lipinski definition) is 1. The summed E-state index contributed by atoms with van der Waals surface area (Å²) in [5.74, 6) is 0.736. The monoisotopic (exact) mass is 382 g/mol. The summed E-state index contributed by atoms with van der Waals surface area (Å²) in [6, 6.07) is 0. The molecule has 1 aliphatic heterocycles. The van der Waals surface area contributed by atoms with Crippen molar-refractivity contribution in [1.29, 1.82) is 0 Å². The third-order valence-electron chi connectivity index (χ3n) is 4.17. The molecule has 1 saturated carbocycles. The van der Waals surface area contributed by atoms with Crippen molar-refractivity contribution >= 4 is 28.6 Å². The maximum Gasteiger partial charge on any atom is 0.319 e. The molecular weight excluding hydrogens is 357 g/mol. The Morgan fingerprint density at radius 1 is 1.32 bits per heavy atom. The van der Waals surface area contributed by atoms with Crippen LogP contribution >= 0.6 is 22.6 Å². The van der Waals surface area contributed by atoms with Gasteiger partial charge in [-0.25, -0.2) is 0 Å². The molecule has 0 spiro atoms. The molecule has 110 valence electrons. The molecular formula is C14H25INO3+. The van der Waals surface area contributed by atoms with Gasteiger partial charge in [-0.2, -0.15) is 0 Å². The lowest BCUT2D eigenvalue weighted by Crippen LogP contribution is -3.14. The van der Waals surface area contributed by atoms with Gasteiger partial charge in [0.2, 0.25) is 0 Å². The molecule has 1 unspecified atom stereocenters. The zero-order valence-electron chi connectivity index (χ0n) is 11.5. The predicted octanol–water partition coefficient (Wildman–Crippen LogP) is 0.829. The highest BCUT2D eigenvalue weighted by Crippen LogP contribution is 2.30. The lowest BCUT2D eigenvalue weighted by molar-refractivity contribution is -0.908. The SMILES string of the molecule is O=C(OCC[NH+]1CCOCC1)C(I)CC1CCCC1. The first-order valence-corrected chi connectivity index (χ1v) is 8.72. The van der Waals surface area contributed by atoms with E-state index in [0.29, 0.717) is 6.61 Å². The van der Waals surface area contributed by atoms with Crippen molar-refractivity contribution in [3.05, 3.63) is 0 Å². The topological polar surface area (TPSA) is 40.0 Å². The fourth-order valence-corrected chi connectivity index (χ4v) is 3.83. The average molecular weight is 382 g/mol. The third kappa shape index (κ3) is 5.55. The van der Waals surface area contributed by atoms with Crippen LogP contribution in [0.2, 0.25) is 0 Å². The molecule has 1 aliphatic carbocycles. The fraction of sp³-hybridized carbons (Fsp3) is 0.929. The van der Waals surface area contributed by atoms with Gasteiger partial charge in [0.1, 0.15) is 30.2 Å². The van der Waals surface area contributed by atoms with Crippen LogP contribution in [0.15, 0.2) is 0 Å². The molecule has 0 amide bonds. The van der Waals surface area contributed by atoms with E-state index < -0.39 is 0 Å². The molecule has 4 nitrogen and oxygen atoms in total. The Hall–Kier alpha value is 0.120. The lowest BCUT2D eigenvalue weighted by atomic mass is 10.0. The highest BCUT2D eigenvalue weighted by molar-refractivity contribution is 14.1. The zero-order chi connectivity index (χ0) is 13.5. The van der Waals surface area contributed by atoms with Crippen LogP contribution in [0.1, 0.15) is 32.1 Å². The molecule has 1 saturated heterocycles. The van der Waals surface area contributed by atoms with E-state index in [4.69, 9.17) is 9.47 Å². The molecule has 0 aromatic heterocycles. The van der Waals surface area contributed by atoms with E-state index in [1.165, 1.54) is 30.6 Å². The zero-order valence-corrected chi connectivity index (χ0v) is 13.7. The van der Waals surface area contributed by atoms with E-state index in [1.807, 2.05) is 0 Å². The minimum absolute atomic E-state index is 0.0137. The van der Waals surface area contributed by atoms with Gasteiger partial charge in [0.05, 0.1) is 13.2 Å². The second-order valence-corrected chi connectivity index (χ2v) is 7.14. The Bertz CT molecular complexity index is 276. The van der Waals surface area contributed by atoms with Crippen molar-refractivity contribution in [2.45, 2.75) is 36.0 Å². The summed E-state index contributed by atoms with van der Waals surface area (Å²) < 4.78 is 10.8. The van der Waals surface area contributed by atoms with E-state index in [2.05, 4.69) is 22.6 Å². The minimum Gasteiger partial charge on any atom is -0.459 e. The molecule has 1 N–H and O–H groups in total. The van der Waals surface area contributed by atoms with Gasteiger partial charge >= 0.3 is 5.97 Å². The summed E-state index contributed by atoms with van der Waals surface area (Å²) in [4.78, 5) is 13.4. The van der Waals surface area contributed by atoms with Crippen molar-refractivity contribution in [3.63, 3.8) is 0 Å². The Balaban J connectivity index is 1.57. The highest BCUT2D eigenvalue weighted by atomic mass is 127. The van der Waals surface area contributed by atoms with E-state index in [1.54, 1.807) is 0 Å². The molecule has 1 atom stereocenters. The third-order valence-corrected chi connectivity index (χ3v) is 5.19. The summed E-state index contributed by atoms with van der Waals surface area (Å²) in [5.41, 5.74) is 0. The van der Waals surface area contributed by atoms with Crippen LogP contribution in [0.4, 0.5) is 0 Å². The maximum absolute atomic E-state index is 11.9. The minimum atomic E-state index is -0.0137. The van der Waals surface area contributed by atoms with Crippen molar-refractivity contribution in [3.8, 4) is 0 Å². The number of carbonyl (C=O) groups excluding carboxylic acids is 1. The van der Waals surface area contributed by atoms with Crippen molar-refractivity contribution in [2.24, 2.45) is 5.92 Å². The number of nitrogens with one attached hydrogen (secondary N) is 1. The number of quaternary nitrogens is 1. The molecule has 0 radical (unpaired) electrons. The van der Waals surface area contributed by atoms with Crippen LogP contribution in [-0.2, 0) is 14.3 Å². The van der Waals surface area contributed by atoms with Gasteiger partial charge in [0.15, 0.2) is 0 Å². The number of ether oxygens (including phenoxy) is 2. The van der Waals surface area contributed by atoms with Crippen molar-refractivity contribution in [2.75, 3.05) is 39.5 Å². The Labute approximate surface area is 129 Å². The van der Waals surface area contributed by atoms with Crippen LogP contribution in [0.5, 0.6) is 0 Å². The molecule has 1 heterocycles. The van der Waals surface area contributed by atoms with E-state index >= 15 is 0 Å². The summed E-state index contributed by atoms with van der Waals surface area (Å²) >= 11 is 2.25. The van der Waals surface area contributed by atoms with Crippen LogP contribution in [0, 0.1) is 5.92 Å². The van der Waals surface area contributed by atoms with Crippen molar-refractivity contribution in [1.82, 2.24) is 0 Å². The van der Waals surface area contributed by atoms with Gasteiger partial charge in [0, 0.05) is 0 Å². The number of esters is 1. The summed E-state index contributed by atoms with van der Waals surface area (Å²) in [6.45, 7) is 5.21. The molecule has 19 heavy (non-hydrogen) atoms. The van der Waals surface area contributed by atoms with Gasteiger partial charge in [-0.15, -0.1) is 0 Å². The molecule has 0 bridgehead atoms. The van der Waals surface area contributed by atoms with E-state index in [9.17, 15) is 4.79 Å². The average Bonchev–Trinajstić information content (AvgIpc) is 2.92. The normalized spacial score (nSPS) is 23.4. The first kappa shape index (κ1) is 15.5. The first-order valence-electron chi connectivity index (χ1n) is 7.47. The number of carbonyl (C=O) groups is 1. The van der Waals surface area contributed by atoms with Crippen LogP contribution in [-0.4, -0.2) is 49.3 Å². The van der Waals surface area contributed by atoms with Crippen LogP contribution < -0.4 is 4.90 Å². The standard InChI is InChI=1S/C14H24INO3/c15-13(11-12-3-1-2-4-12)14(17)19-10-7-16-5-8-18-9-6-16/h12-13H,1-11H2/p+1. The molecule has 0 aromatic rings. The van der Waals surface area contributed by atoms with Gasteiger partial charge in [0.25, 0.3) is 0 Å². The van der Waals surface area contributed by atoms with Gasteiger partial charge in [-0.1, -0.05) is 48.3 Å². The summed E-state index contributed by atoms with van der Waals surface area (Å²) in [6.07, 6.45) is 6.27. The molecule has 2 aliphatic rings. The van der Waals surface area contributed by atoms with E-state index in [-0.39, 0.29) is 9.89 Å². The predicted molar refractivity (Wildman–Crippen MR) is 81.7 cm³/mol. The number of rotatable bonds is 6. The summed E-state index contributed by atoms with van der Waals surface area (Å²) in [7, 11) is 0. The molecule has 5 heteroatoms. The molecule has 2 fully saturated rings. The lowest BCUT2D eigenvalue weighted by Gasteiger charge is -2.23. The van der Waals surface area contributed by atoms with Gasteiger partial charge < -0.3 is 14.4 Å². The Kier molecular flexibility index (Phi) is 6.87. The number of alkyl halides is 1. The smallest absolute Gasteiger partial charge is 0.319 e. The van der Waals surface area contributed by atoms with Crippen LogP contribution in [0.3, 0.4) is 0 Å². The second-order valence-electron chi connectivity index (χ2n) is 5.63. The largest absolute Gasteiger partial charge is 0.459 e. The number of halogens is 1. The Morgan fingerprint density at radius 2 is 2.00 bits per heavy atom. The van der Waals surface area contributed by atoms with Crippen molar-refractivity contribution < 1.29 is 19.2 Å². The first-order chi connectivity index (χ1) is 9.25.